The van der Waals surface area contributed by atoms with Crippen molar-refractivity contribution >= 4 is 23.2 Å². The van der Waals surface area contributed by atoms with Crippen molar-refractivity contribution in [2.45, 2.75) is 31.7 Å². The largest absolute Gasteiger partial charge is 0.371 e. The molecule has 8 nitrogen and oxygen atoms in total. The Morgan fingerprint density at radius 3 is 2.50 bits per heavy atom. The van der Waals surface area contributed by atoms with Crippen LogP contribution in [0.15, 0.2) is 36.9 Å². The summed E-state index contributed by atoms with van der Waals surface area (Å²) >= 11 is 0. The van der Waals surface area contributed by atoms with E-state index in [-0.39, 0.29) is 23.8 Å². The van der Waals surface area contributed by atoms with Crippen LogP contribution in [0.5, 0.6) is 0 Å². The van der Waals surface area contributed by atoms with Crippen molar-refractivity contribution in [1.29, 1.82) is 0 Å². The van der Waals surface area contributed by atoms with Crippen LogP contribution in [-0.2, 0) is 4.79 Å². The van der Waals surface area contributed by atoms with Gasteiger partial charge in [-0.1, -0.05) is 0 Å². The third kappa shape index (κ3) is 4.32. The minimum atomic E-state index is -0.0943. The number of carbonyl (C=O) groups excluding carboxylic acids is 2. The average Bonchev–Trinajstić information content (AvgIpc) is 3.53. The third-order valence-corrected chi connectivity index (χ3v) is 6.70. The van der Waals surface area contributed by atoms with Crippen LogP contribution in [0.3, 0.4) is 0 Å². The Labute approximate surface area is 188 Å². The number of rotatable bonds is 5. The van der Waals surface area contributed by atoms with Crippen LogP contribution >= 0.6 is 0 Å². The molecule has 2 aromatic rings. The molecule has 2 aliphatic heterocycles. The fourth-order valence-electron chi connectivity index (χ4n) is 4.68. The number of amides is 2. The van der Waals surface area contributed by atoms with Crippen LogP contribution in [0.25, 0.3) is 0 Å². The summed E-state index contributed by atoms with van der Waals surface area (Å²) in [7, 11) is 2.08. The Hall–Kier alpha value is -3.00. The van der Waals surface area contributed by atoms with E-state index in [9.17, 15) is 9.59 Å². The lowest BCUT2D eigenvalue weighted by Crippen LogP contribution is -2.49. The van der Waals surface area contributed by atoms with Gasteiger partial charge in [0.15, 0.2) is 0 Å². The van der Waals surface area contributed by atoms with Gasteiger partial charge in [-0.15, -0.1) is 0 Å². The van der Waals surface area contributed by atoms with Crippen molar-refractivity contribution in [2.24, 2.45) is 5.92 Å². The van der Waals surface area contributed by atoms with Crippen LogP contribution in [0, 0.1) is 5.92 Å². The number of anilines is 2. The van der Waals surface area contributed by atoms with Gasteiger partial charge in [0.25, 0.3) is 5.91 Å². The molecule has 1 atom stereocenters. The van der Waals surface area contributed by atoms with Crippen LogP contribution in [0.4, 0.5) is 11.4 Å². The van der Waals surface area contributed by atoms with E-state index in [1.54, 1.807) is 12.4 Å². The number of piperazine rings is 1. The van der Waals surface area contributed by atoms with E-state index in [2.05, 4.69) is 32.1 Å². The normalized spacial score (nSPS) is 21.6. The highest BCUT2D eigenvalue weighted by molar-refractivity contribution is 6.02. The highest BCUT2D eigenvalue weighted by Gasteiger charge is 2.34. The number of likely N-dealkylation sites (N-methyl/N-ethyl adjacent to an activating group) is 1. The molecule has 1 aromatic carbocycles. The Morgan fingerprint density at radius 1 is 1.03 bits per heavy atom. The summed E-state index contributed by atoms with van der Waals surface area (Å²) < 4.78 is 0. The quantitative estimate of drug-likeness (QED) is 0.779. The maximum absolute atomic E-state index is 13.9. The van der Waals surface area contributed by atoms with Crippen molar-refractivity contribution in [1.82, 2.24) is 19.8 Å². The van der Waals surface area contributed by atoms with Crippen LogP contribution < -0.4 is 10.2 Å². The first kappa shape index (κ1) is 20.9. The van der Waals surface area contributed by atoms with Crippen molar-refractivity contribution in [3.8, 4) is 0 Å². The molecule has 2 saturated heterocycles. The van der Waals surface area contributed by atoms with Crippen molar-refractivity contribution in [2.75, 3.05) is 50.0 Å². The number of nitrogens with zero attached hydrogens (tertiary/aromatic N) is 5. The van der Waals surface area contributed by atoms with E-state index < -0.39 is 0 Å². The van der Waals surface area contributed by atoms with E-state index in [0.717, 1.165) is 68.8 Å². The molecule has 2 amide bonds. The number of hydrogen-bond acceptors (Lipinski definition) is 6. The number of aromatic nitrogens is 2. The van der Waals surface area contributed by atoms with E-state index in [0.29, 0.717) is 12.1 Å². The lowest BCUT2D eigenvalue weighted by atomic mass is 10.0. The summed E-state index contributed by atoms with van der Waals surface area (Å²) in [6.07, 6.45) is 9.28. The van der Waals surface area contributed by atoms with E-state index in [1.165, 1.54) is 6.33 Å². The fourth-order valence-corrected chi connectivity index (χ4v) is 4.68. The van der Waals surface area contributed by atoms with E-state index >= 15 is 0 Å². The van der Waals surface area contributed by atoms with Crippen LogP contribution in [0.2, 0.25) is 0 Å². The van der Waals surface area contributed by atoms with Crippen LogP contribution in [0.1, 0.15) is 47.6 Å². The second-order valence-corrected chi connectivity index (χ2v) is 9.14. The number of benzene rings is 1. The molecule has 168 valence electrons. The zero-order valence-electron chi connectivity index (χ0n) is 18.5. The van der Waals surface area contributed by atoms with Gasteiger partial charge in [-0.3, -0.25) is 9.59 Å². The molecule has 0 bridgehead atoms. The summed E-state index contributed by atoms with van der Waals surface area (Å²) in [6, 6.07) is 5.64. The predicted molar refractivity (Wildman–Crippen MR) is 123 cm³/mol. The summed E-state index contributed by atoms with van der Waals surface area (Å²) in [5.41, 5.74) is 3.33. The van der Waals surface area contributed by atoms with Gasteiger partial charge in [0.1, 0.15) is 6.33 Å². The standard InChI is InChI=1S/C24H30N6O2/c1-28-10-11-30(22(15-28)18-13-25-16-26-14-18)24(32)20-7-6-19(27-23(31)17-4-5-17)12-21(20)29-8-2-3-9-29/h6-7,12-14,16-17,22H,2-5,8-11,15H2,1H3,(H,27,31). The van der Waals surface area contributed by atoms with Crippen molar-refractivity contribution in [3.63, 3.8) is 0 Å². The molecule has 0 radical (unpaired) electrons. The van der Waals surface area contributed by atoms with E-state index in [1.807, 2.05) is 23.1 Å². The second kappa shape index (κ2) is 8.86. The zero-order chi connectivity index (χ0) is 22.1. The fraction of sp³-hybridized carbons (Fsp3) is 0.500. The molecular formula is C24H30N6O2. The van der Waals surface area contributed by atoms with Gasteiger partial charge in [-0.2, -0.15) is 0 Å². The number of nitrogens with one attached hydrogen (secondary N) is 1. The zero-order valence-corrected chi connectivity index (χ0v) is 18.5. The Morgan fingerprint density at radius 2 is 1.78 bits per heavy atom. The van der Waals surface area contributed by atoms with Gasteiger partial charge in [-0.25, -0.2) is 9.97 Å². The Bertz CT molecular complexity index is 987. The van der Waals surface area contributed by atoms with Crippen molar-refractivity contribution < 1.29 is 9.59 Å². The minimum absolute atomic E-state index is 0.0222. The molecule has 0 spiro atoms. The molecule has 1 saturated carbocycles. The number of carbonyl (C=O) groups is 2. The summed E-state index contributed by atoms with van der Waals surface area (Å²) in [5.74, 6) is 0.249. The molecule has 1 aromatic heterocycles. The first-order valence-corrected chi connectivity index (χ1v) is 11.5. The predicted octanol–water partition coefficient (Wildman–Crippen LogP) is 2.55. The van der Waals surface area contributed by atoms with Gasteiger partial charge in [0.2, 0.25) is 5.91 Å². The molecular weight excluding hydrogens is 404 g/mol. The first-order valence-electron chi connectivity index (χ1n) is 11.5. The van der Waals surface area contributed by atoms with Crippen LogP contribution in [-0.4, -0.2) is 71.4 Å². The molecule has 8 heteroatoms. The van der Waals surface area contributed by atoms with Gasteiger partial charge >= 0.3 is 0 Å². The molecule has 1 unspecified atom stereocenters. The van der Waals surface area contributed by atoms with Gasteiger partial charge in [-0.05, 0) is 50.9 Å². The Kier molecular flexibility index (Phi) is 5.78. The molecule has 3 fully saturated rings. The monoisotopic (exact) mass is 434 g/mol. The average molecular weight is 435 g/mol. The topological polar surface area (TPSA) is 81.7 Å². The van der Waals surface area contributed by atoms with Crippen molar-refractivity contribution in [3.05, 3.63) is 48.0 Å². The highest BCUT2D eigenvalue weighted by atomic mass is 16.2. The molecule has 1 N–H and O–H groups in total. The maximum Gasteiger partial charge on any atom is 0.256 e. The molecule has 5 rings (SSSR count). The SMILES string of the molecule is CN1CCN(C(=O)c2ccc(NC(=O)C3CC3)cc2N2CCCC2)C(c2cncnc2)C1. The highest BCUT2D eigenvalue weighted by Crippen LogP contribution is 2.34. The summed E-state index contributed by atoms with van der Waals surface area (Å²) in [5, 5.41) is 3.04. The first-order chi connectivity index (χ1) is 15.6. The van der Waals surface area contributed by atoms with Gasteiger partial charge < -0.3 is 20.0 Å². The molecule has 3 aliphatic rings. The minimum Gasteiger partial charge on any atom is -0.371 e. The van der Waals surface area contributed by atoms with E-state index in [4.69, 9.17) is 0 Å². The second-order valence-electron chi connectivity index (χ2n) is 9.14. The molecule has 1 aliphatic carbocycles. The summed E-state index contributed by atoms with van der Waals surface area (Å²) in [6.45, 7) is 4.07. The molecule has 3 heterocycles. The number of hydrogen-bond donors (Lipinski definition) is 1. The van der Waals surface area contributed by atoms with Gasteiger partial charge in [0, 0.05) is 62.3 Å². The van der Waals surface area contributed by atoms with Gasteiger partial charge in [0.05, 0.1) is 17.3 Å². The maximum atomic E-state index is 13.9. The third-order valence-electron chi connectivity index (χ3n) is 6.70. The lowest BCUT2D eigenvalue weighted by Gasteiger charge is -2.40. The smallest absolute Gasteiger partial charge is 0.256 e. The lowest BCUT2D eigenvalue weighted by molar-refractivity contribution is -0.117. The Balaban J connectivity index is 1.46. The molecule has 32 heavy (non-hydrogen) atoms. The summed E-state index contributed by atoms with van der Waals surface area (Å²) in [4.78, 5) is 41.0.